The molecule has 0 aromatic carbocycles. The highest BCUT2D eigenvalue weighted by atomic mass is 35.5. The molecule has 0 bridgehead atoms. The van der Waals surface area contributed by atoms with Gasteiger partial charge in [0.1, 0.15) is 22.9 Å². The summed E-state index contributed by atoms with van der Waals surface area (Å²) >= 11 is 6.16. The molecule has 2 aromatic rings. The summed E-state index contributed by atoms with van der Waals surface area (Å²) in [6.07, 6.45) is 0.469. The highest BCUT2D eigenvalue weighted by Gasteiger charge is 2.19. The molecule has 0 aliphatic carbocycles. The molecule has 7 heteroatoms. The first kappa shape index (κ1) is 17.3. The van der Waals surface area contributed by atoms with Crippen LogP contribution in [0, 0.1) is 6.92 Å². The van der Waals surface area contributed by atoms with Crippen molar-refractivity contribution in [3.05, 3.63) is 28.7 Å². The summed E-state index contributed by atoms with van der Waals surface area (Å²) in [5, 5.41) is 0.188. The second-order valence-corrected chi connectivity index (χ2v) is 6.55. The van der Waals surface area contributed by atoms with Crippen LogP contribution in [-0.2, 0) is 16.0 Å². The van der Waals surface area contributed by atoms with E-state index >= 15 is 0 Å². The average Bonchev–Trinajstić information content (AvgIpc) is 2.83. The van der Waals surface area contributed by atoms with Gasteiger partial charge in [-0.1, -0.05) is 11.6 Å². The maximum Gasteiger partial charge on any atom is 0.306 e. The van der Waals surface area contributed by atoms with Crippen molar-refractivity contribution in [3.63, 3.8) is 0 Å². The van der Waals surface area contributed by atoms with Crippen molar-refractivity contribution < 1.29 is 13.9 Å². The van der Waals surface area contributed by atoms with Gasteiger partial charge in [0.2, 0.25) is 0 Å². The van der Waals surface area contributed by atoms with Gasteiger partial charge in [-0.15, -0.1) is 0 Å². The Hall–Kier alpha value is -2.08. The lowest BCUT2D eigenvalue weighted by molar-refractivity contribution is -0.154. The van der Waals surface area contributed by atoms with Gasteiger partial charge in [0.25, 0.3) is 0 Å². The molecule has 2 aromatic heterocycles. The number of nitrogens with zero attached hydrogens (tertiary/aromatic N) is 2. The number of carbonyl (C=O) groups is 1. The number of halogens is 1. The van der Waals surface area contributed by atoms with Crippen LogP contribution in [0.1, 0.15) is 38.6 Å². The Morgan fingerprint density at radius 3 is 2.61 bits per heavy atom. The minimum atomic E-state index is -0.521. The molecular formula is C16H20ClN3O3. The average molecular weight is 338 g/mol. The molecule has 2 heterocycles. The Bertz CT molecular complexity index is 720. The van der Waals surface area contributed by atoms with Crippen molar-refractivity contribution in [2.24, 2.45) is 0 Å². The van der Waals surface area contributed by atoms with Crippen LogP contribution in [0.25, 0.3) is 11.5 Å². The number of aromatic nitrogens is 2. The van der Waals surface area contributed by atoms with Gasteiger partial charge in [-0.25, -0.2) is 9.97 Å². The van der Waals surface area contributed by atoms with Gasteiger partial charge in [-0.3, -0.25) is 4.79 Å². The highest BCUT2D eigenvalue weighted by molar-refractivity contribution is 6.31. The van der Waals surface area contributed by atoms with E-state index in [4.69, 9.17) is 26.5 Å². The molecule has 6 nitrogen and oxygen atoms in total. The summed E-state index contributed by atoms with van der Waals surface area (Å²) < 4.78 is 10.7. The SMILES string of the molecule is Cc1ccc(-c2nc(N)c(CCC(=O)OC(C)(C)C)nc2Cl)o1. The summed E-state index contributed by atoms with van der Waals surface area (Å²) in [7, 11) is 0. The predicted molar refractivity (Wildman–Crippen MR) is 88.1 cm³/mol. The van der Waals surface area contributed by atoms with Gasteiger partial charge in [0.05, 0.1) is 12.1 Å². The van der Waals surface area contributed by atoms with Crippen LogP contribution in [0.4, 0.5) is 5.82 Å². The number of aryl methyl sites for hydroxylation is 2. The minimum Gasteiger partial charge on any atom is -0.460 e. The van der Waals surface area contributed by atoms with Gasteiger partial charge in [-0.05, 0) is 39.8 Å². The molecule has 0 atom stereocenters. The number of rotatable bonds is 4. The van der Waals surface area contributed by atoms with Gasteiger partial charge in [-0.2, -0.15) is 0 Å². The molecule has 2 rings (SSSR count). The molecule has 2 N–H and O–H groups in total. The lowest BCUT2D eigenvalue weighted by Gasteiger charge is -2.19. The number of furan rings is 1. The van der Waals surface area contributed by atoms with Gasteiger partial charge in [0.15, 0.2) is 10.9 Å². The topological polar surface area (TPSA) is 91.2 Å². The van der Waals surface area contributed by atoms with Crippen LogP contribution in [0.5, 0.6) is 0 Å². The number of nitrogens with two attached hydrogens (primary N) is 1. The van der Waals surface area contributed by atoms with Crippen molar-refractivity contribution in [2.75, 3.05) is 5.73 Å². The summed E-state index contributed by atoms with van der Waals surface area (Å²) in [5.41, 5.74) is 6.25. The smallest absolute Gasteiger partial charge is 0.306 e. The number of hydrogen-bond donors (Lipinski definition) is 1. The third-order valence-corrected chi connectivity index (χ3v) is 3.18. The van der Waals surface area contributed by atoms with Crippen LogP contribution in [0.15, 0.2) is 16.5 Å². The molecule has 0 radical (unpaired) electrons. The van der Waals surface area contributed by atoms with Crippen LogP contribution in [0.3, 0.4) is 0 Å². The third kappa shape index (κ3) is 4.69. The Labute approximate surface area is 140 Å². The molecular weight excluding hydrogens is 318 g/mol. The fraction of sp³-hybridized carbons (Fsp3) is 0.438. The predicted octanol–water partition coefficient (Wildman–Crippen LogP) is 3.55. The normalized spacial score (nSPS) is 11.5. The zero-order chi connectivity index (χ0) is 17.2. The number of ether oxygens (including phenoxy) is 1. The molecule has 23 heavy (non-hydrogen) atoms. The summed E-state index contributed by atoms with van der Waals surface area (Å²) in [5.74, 6) is 1.15. The van der Waals surface area contributed by atoms with Crippen molar-refractivity contribution in [1.29, 1.82) is 0 Å². The Morgan fingerprint density at radius 2 is 2.04 bits per heavy atom. The van der Waals surface area contributed by atoms with E-state index in [-0.39, 0.29) is 23.4 Å². The van der Waals surface area contributed by atoms with Gasteiger partial charge >= 0.3 is 5.97 Å². The van der Waals surface area contributed by atoms with E-state index < -0.39 is 5.60 Å². The third-order valence-electron chi connectivity index (χ3n) is 2.92. The van der Waals surface area contributed by atoms with E-state index in [0.29, 0.717) is 23.6 Å². The van der Waals surface area contributed by atoms with E-state index in [1.54, 1.807) is 12.1 Å². The molecule has 0 saturated heterocycles. The van der Waals surface area contributed by atoms with Crippen molar-refractivity contribution in [2.45, 2.75) is 46.1 Å². The Morgan fingerprint density at radius 1 is 1.35 bits per heavy atom. The first-order chi connectivity index (χ1) is 10.7. The summed E-state index contributed by atoms with van der Waals surface area (Å²) in [6, 6.07) is 3.56. The van der Waals surface area contributed by atoms with Crippen molar-refractivity contribution in [1.82, 2.24) is 9.97 Å². The van der Waals surface area contributed by atoms with E-state index in [2.05, 4.69) is 9.97 Å². The lowest BCUT2D eigenvalue weighted by atomic mass is 10.2. The van der Waals surface area contributed by atoms with Crippen LogP contribution >= 0.6 is 11.6 Å². The molecule has 0 saturated carbocycles. The standard InChI is InChI=1S/C16H20ClN3O3/c1-9-5-7-11(22-9)13-14(17)19-10(15(18)20-13)6-8-12(21)23-16(2,3)4/h5,7H,6,8H2,1-4H3,(H2,18,20). The molecule has 0 unspecified atom stereocenters. The lowest BCUT2D eigenvalue weighted by Crippen LogP contribution is -2.24. The van der Waals surface area contributed by atoms with E-state index in [1.807, 2.05) is 27.7 Å². The van der Waals surface area contributed by atoms with Gasteiger partial charge < -0.3 is 14.9 Å². The molecule has 0 aliphatic rings. The van der Waals surface area contributed by atoms with Crippen LogP contribution in [0.2, 0.25) is 5.15 Å². The minimum absolute atomic E-state index is 0.158. The zero-order valence-corrected chi connectivity index (χ0v) is 14.4. The largest absolute Gasteiger partial charge is 0.460 e. The second kappa shape index (κ2) is 6.58. The molecule has 0 aliphatic heterocycles. The number of anilines is 1. The van der Waals surface area contributed by atoms with Gasteiger partial charge in [0, 0.05) is 6.42 Å². The van der Waals surface area contributed by atoms with Crippen molar-refractivity contribution in [3.8, 4) is 11.5 Å². The summed E-state index contributed by atoms with van der Waals surface area (Å²) in [4.78, 5) is 20.2. The maximum atomic E-state index is 11.8. The highest BCUT2D eigenvalue weighted by Crippen LogP contribution is 2.28. The number of nitrogen functional groups attached to an aromatic ring is 1. The molecule has 0 spiro atoms. The van der Waals surface area contributed by atoms with Crippen LogP contribution in [-0.4, -0.2) is 21.5 Å². The van der Waals surface area contributed by atoms with E-state index in [1.165, 1.54) is 0 Å². The number of carbonyl (C=O) groups excluding carboxylic acids is 1. The van der Waals surface area contributed by atoms with E-state index in [0.717, 1.165) is 5.76 Å². The monoisotopic (exact) mass is 337 g/mol. The van der Waals surface area contributed by atoms with E-state index in [9.17, 15) is 4.79 Å². The van der Waals surface area contributed by atoms with Crippen molar-refractivity contribution >= 4 is 23.4 Å². The quantitative estimate of drug-likeness (QED) is 0.858. The first-order valence-corrected chi connectivity index (χ1v) is 7.64. The Kier molecular flexibility index (Phi) is 4.94. The summed E-state index contributed by atoms with van der Waals surface area (Å²) in [6.45, 7) is 7.27. The Balaban J connectivity index is 2.13. The molecule has 0 fully saturated rings. The fourth-order valence-electron chi connectivity index (χ4n) is 1.98. The molecule has 124 valence electrons. The number of esters is 1. The molecule has 0 amide bonds. The number of hydrogen-bond acceptors (Lipinski definition) is 6. The zero-order valence-electron chi connectivity index (χ0n) is 13.6. The first-order valence-electron chi connectivity index (χ1n) is 7.26. The fourth-order valence-corrected chi connectivity index (χ4v) is 2.21. The van der Waals surface area contributed by atoms with Crippen LogP contribution < -0.4 is 5.73 Å². The second-order valence-electron chi connectivity index (χ2n) is 6.19. The maximum absolute atomic E-state index is 11.8.